The Hall–Kier alpha value is -1.20. The predicted molar refractivity (Wildman–Crippen MR) is 92.5 cm³/mol. The smallest absolute Gasteiger partial charge is 0.169 e. The van der Waals surface area contributed by atoms with Crippen LogP contribution in [0, 0.1) is 0 Å². The van der Waals surface area contributed by atoms with E-state index in [-0.39, 0.29) is 6.10 Å². The molecule has 0 bridgehead atoms. The van der Waals surface area contributed by atoms with E-state index >= 15 is 0 Å². The lowest BCUT2D eigenvalue weighted by atomic mass is 9.94. The molecular weight excluding hydrogens is 304 g/mol. The van der Waals surface area contributed by atoms with Gasteiger partial charge in [0.25, 0.3) is 0 Å². The van der Waals surface area contributed by atoms with Gasteiger partial charge in [-0.1, -0.05) is 48.9 Å². The second-order valence-corrected chi connectivity index (χ2v) is 6.72. The van der Waals surface area contributed by atoms with E-state index in [9.17, 15) is 5.11 Å². The van der Waals surface area contributed by atoms with Crippen LogP contribution in [0.3, 0.4) is 0 Å². The van der Waals surface area contributed by atoms with E-state index in [1.54, 1.807) is 0 Å². The van der Waals surface area contributed by atoms with E-state index in [1.165, 1.54) is 6.42 Å². The first-order valence-electron chi connectivity index (χ1n) is 9.01. The van der Waals surface area contributed by atoms with Crippen molar-refractivity contribution >= 4 is 0 Å². The summed E-state index contributed by atoms with van der Waals surface area (Å²) in [4.78, 5) is 0. The van der Waals surface area contributed by atoms with Gasteiger partial charge < -0.3 is 19.3 Å². The van der Waals surface area contributed by atoms with Gasteiger partial charge in [0.1, 0.15) is 18.3 Å². The van der Waals surface area contributed by atoms with Crippen LogP contribution in [-0.4, -0.2) is 35.8 Å². The summed E-state index contributed by atoms with van der Waals surface area (Å²) >= 11 is 0. The average Bonchev–Trinajstić information content (AvgIpc) is 3.03. The minimum Gasteiger partial charge on any atom is -0.387 e. The van der Waals surface area contributed by atoms with Crippen molar-refractivity contribution in [1.29, 1.82) is 0 Å². The lowest BCUT2D eigenvalue weighted by Gasteiger charge is -2.33. The van der Waals surface area contributed by atoms with Gasteiger partial charge in [0.2, 0.25) is 0 Å². The van der Waals surface area contributed by atoms with E-state index in [4.69, 9.17) is 14.2 Å². The third kappa shape index (κ3) is 4.25. The maximum absolute atomic E-state index is 10.8. The zero-order valence-corrected chi connectivity index (χ0v) is 14.4. The van der Waals surface area contributed by atoms with Gasteiger partial charge in [0.15, 0.2) is 5.79 Å². The van der Waals surface area contributed by atoms with E-state index in [1.807, 2.05) is 49.4 Å². The molecule has 1 aliphatic carbocycles. The largest absolute Gasteiger partial charge is 0.387 e. The van der Waals surface area contributed by atoms with Gasteiger partial charge in [-0.15, -0.1) is 0 Å². The zero-order chi connectivity index (χ0) is 16.8. The minimum atomic E-state index is -0.730. The van der Waals surface area contributed by atoms with Crippen LogP contribution in [0.25, 0.3) is 0 Å². The standard InChI is InChI=1S/C20H28O4/c1-2-9-17(22-14-16-10-5-3-6-11-16)19(21)18-15-23-20(24-18)12-7-4-8-13-20/h2-3,5-6,9-11,17-19,21H,4,7-8,12-15H2,1H3/b9-2+/t17-,18-,19-/m1/s1. The zero-order valence-electron chi connectivity index (χ0n) is 14.4. The highest BCUT2D eigenvalue weighted by atomic mass is 16.7. The molecule has 0 amide bonds. The molecule has 1 N–H and O–H groups in total. The van der Waals surface area contributed by atoms with Crippen LogP contribution >= 0.6 is 0 Å². The molecule has 1 saturated heterocycles. The number of rotatable bonds is 6. The summed E-state index contributed by atoms with van der Waals surface area (Å²) in [5.41, 5.74) is 1.09. The SMILES string of the molecule is C/C=C/[C@@H](OCc1ccccc1)[C@@H](O)[C@H]1COC2(CCCCC2)O1. The summed E-state index contributed by atoms with van der Waals surface area (Å²) < 4.78 is 18.0. The summed E-state index contributed by atoms with van der Waals surface area (Å²) in [6, 6.07) is 9.99. The summed E-state index contributed by atoms with van der Waals surface area (Å²) in [5.74, 6) is -0.468. The van der Waals surface area contributed by atoms with Gasteiger partial charge in [-0.2, -0.15) is 0 Å². The van der Waals surface area contributed by atoms with Crippen molar-refractivity contribution < 1.29 is 19.3 Å². The van der Waals surface area contributed by atoms with Crippen LogP contribution in [0.1, 0.15) is 44.6 Å². The van der Waals surface area contributed by atoms with Crippen molar-refractivity contribution in [1.82, 2.24) is 0 Å². The number of aliphatic hydroxyl groups excluding tert-OH is 1. The first-order valence-corrected chi connectivity index (χ1v) is 9.01. The van der Waals surface area contributed by atoms with Crippen LogP contribution in [0.4, 0.5) is 0 Å². The van der Waals surface area contributed by atoms with E-state index in [0.29, 0.717) is 13.2 Å². The van der Waals surface area contributed by atoms with Gasteiger partial charge in [-0.25, -0.2) is 0 Å². The molecule has 1 aromatic carbocycles. The Labute approximate surface area is 144 Å². The van der Waals surface area contributed by atoms with Crippen LogP contribution in [0.5, 0.6) is 0 Å². The van der Waals surface area contributed by atoms with E-state index in [2.05, 4.69) is 0 Å². The van der Waals surface area contributed by atoms with Crippen molar-refractivity contribution in [3.8, 4) is 0 Å². The van der Waals surface area contributed by atoms with E-state index in [0.717, 1.165) is 31.2 Å². The van der Waals surface area contributed by atoms with Gasteiger partial charge >= 0.3 is 0 Å². The van der Waals surface area contributed by atoms with Crippen molar-refractivity contribution in [3.05, 3.63) is 48.0 Å². The summed E-state index contributed by atoms with van der Waals surface area (Å²) in [6.07, 6.45) is 7.69. The van der Waals surface area contributed by atoms with Crippen LogP contribution in [0.15, 0.2) is 42.5 Å². The molecule has 132 valence electrons. The molecule has 1 heterocycles. The lowest BCUT2D eigenvalue weighted by Crippen LogP contribution is -2.41. The van der Waals surface area contributed by atoms with Crippen LogP contribution < -0.4 is 0 Å². The van der Waals surface area contributed by atoms with Gasteiger partial charge in [-0.05, 0) is 25.3 Å². The fourth-order valence-corrected chi connectivity index (χ4v) is 3.53. The van der Waals surface area contributed by atoms with Crippen molar-refractivity contribution in [2.24, 2.45) is 0 Å². The molecule has 0 unspecified atom stereocenters. The van der Waals surface area contributed by atoms with Crippen molar-refractivity contribution in [2.45, 2.75) is 69.7 Å². The number of ether oxygens (including phenoxy) is 3. The maximum atomic E-state index is 10.8. The third-order valence-corrected chi connectivity index (χ3v) is 4.88. The average molecular weight is 332 g/mol. The highest BCUT2D eigenvalue weighted by molar-refractivity contribution is 5.13. The molecule has 1 saturated carbocycles. The summed E-state index contributed by atoms with van der Waals surface area (Å²) in [5, 5.41) is 10.8. The molecule has 0 radical (unpaired) electrons. The number of aliphatic hydroxyl groups is 1. The van der Waals surface area contributed by atoms with Crippen molar-refractivity contribution in [3.63, 3.8) is 0 Å². The van der Waals surface area contributed by atoms with Gasteiger partial charge in [0, 0.05) is 12.8 Å². The molecule has 2 fully saturated rings. The molecule has 1 aromatic rings. The molecule has 1 spiro atoms. The Balaban J connectivity index is 1.59. The fraction of sp³-hybridized carbons (Fsp3) is 0.600. The molecular formula is C20H28O4. The summed E-state index contributed by atoms with van der Waals surface area (Å²) in [7, 11) is 0. The van der Waals surface area contributed by atoms with Crippen LogP contribution in [0.2, 0.25) is 0 Å². The second kappa shape index (κ2) is 8.26. The molecule has 1 aliphatic heterocycles. The third-order valence-electron chi connectivity index (χ3n) is 4.88. The molecule has 24 heavy (non-hydrogen) atoms. The molecule has 0 aromatic heterocycles. The minimum absolute atomic E-state index is 0.333. The monoisotopic (exact) mass is 332 g/mol. The number of hydrogen-bond donors (Lipinski definition) is 1. The first kappa shape index (κ1) is 17.6. The molecule has 3 rings (SSSR count). The highest BCUT2D eigenvalue weighted by Crippen LogP contribution is 2.39. The normalized spacial score (nSPS) is 26.0. The number of allylic oxidation sites excluding steroid dienone is 1. The maximum Gasteiger partial charge on any atom is 0.169 e. The summed E-state index contributed by atoms with van der Waals surface area (Å²) in [6.45, 7) is 2.83. The van der Waals surface area contributed by atoms with E-state index < -0.39 is 18.0 Å². The Bertz CT molecular complexity index is 522. The highest BCUT2D eigenvalue weighted by Gasteiger charge is 2.45. The van der Waals surface area contributed by atoms with Crippen LogP contribution in [-0.2, 0) is 20.8 Å². The first-order chi connectivity index (χ1) is 11.7. The Morgan fingerprint density at radius 1 is 1.25 bits per heavy atom. The molecule has 2 aliphatic rings. The second-order valence-electron chi connectivity index (χ2n) is 6.72. The fourth-order valence-electron chi connectivity index (χ4n) is 3.53. The number of hydrogen-bond acceptors (Lipinski definition) is 4. The van der Waals surface area contributed by atoms with Crippen molar-refractivity contribution in [2.75, 3.05) is 6.61 Å². The Morgan fingerprint density at radius 3 is 2.71 bits per heavy atom. The molecule has 4 nitrogen and oxygen atoms in total. The Kier molecular flexibility index (Phi) is 6.06. The topological polar surface area (TPSA) is 47.9 Å². The number of benzene rings is 1. The van der Waals surface area contributed by atoms with Gasteiger partial charge in [0.05, 0.1) is 13.2 Å². The molecule has 3 atom stereocenters. The predicted octanol–water partition coefficient (Wildman–Crippen LogP) is 3.58. The quantitative estimate of drug-likeness (QED) is 0.809. The molecule has 4 heteroatoms. The Morgan fingerprint density at radius 2 is 2.00 bits per heavy atom. The van der Waals surface area contributed by atoms with Gasteiger partial charge in [-0.3, -0.25) is 0 Å². The lowest BCUT2D eigenvalue weighted by molar-refractivity contribution is -0.201.